The molecule has 10 heteroatoms. The van der Waals surface area contributed by atoms with Crippen LogP contribution in [0.2, 0.25) is 0 Å². The monoisotopic (exact) mass is 476 g/mol. The first-order chi connectivity index (χ1) is 16.3. The number of carbonyl (C=O) groups is 4. The molecular formula is C24H40N6O4. The summed E-state index contributed by atoms with van der Waals surface area (Å²) >= 11 is 0. The lowest BCUT2D eigenvalue weighted by Gasteiger charge is -2.44. The van der Waals surface area contributed by atoms with Gasteiger partial charge < -0.3 is 0 Å². The van der Waals surface area contributed by atoms with Gasteiger partial charge in [0.2, 0.25) is 23.6 Å². The predicted octanol–water partition coefficient (Wildman–Crippen LogP) is -0.00820. The maximum atomic E-state index is 12.8. The summed E-state index contributed by atoms with van der Waals surface area (Å²) in [6.07, 6.45) is 6.86. The Labute approximate surface area is 202 Å². The lowest BCUT2D eigenvalue weighted by atomic mass is 10.1. The molecule has 4 saturated heterocycles. The van der Waals surface area contributed by atoms with Gasteiger partial charge in [-0.15, -0.1) is 0 Å². The van der Waals surface area contributed by atoms with E-state index in [9.17, 15) is 19.2 Å². The highest BCUT2D eigenvalue weighted by Crippen LogP contribution is 2.19. The summed E-state index contributed by atoms with van der Waals surface area (Å²) in [4.78, 5) is 62.3. The smallest absolute Gasteiger partial charge is 0.244 e. The highest BCUT2D eigenvalue weighted by Gasteiger charge is 2.40. The van der Waals surface area contributed by atoms with Gasteiger partial charge in [0.15, 0.2) is 0 Å². The van der Waals surface area contributed by atoms with E-state index in [1.807, 2.05) is 23.6 Å². The number of piperidine rings is 2. The van der Waals surface area contributed by atoms with Crippen molar-refractivity contribution in [2.75, 3.05) is 65.7 Å². The molecule has 190 valence electrons. The normalized spacial score (nSPS) is 26.9. The third-order valence-corrected chi connectivity index (χ3v) is 7.99. The minimum absolute atomic E-state index is 0.140. The molecule has 10 nitrogen and oxygen atoms in total. The van der Waals surface area contributed by atoms with Crippen molar-refractivity contribution in [1.29, 1.82) is 0 Å². The van der Waals surface area contributed by atoms with Gasteiger partial charge >= 0.3 is 0 Å². The molecule has 2 unspecified atom stereocenters. The van der Waals surface area contributed by atoms with E-state index in [-0.39, 0.29) is 61.9 Å². The van der Waals surface area contributed by atoms with Gasteiger partial charge in [-0.3, -0.25) is 48.6 Å². The fourth-order valence-corrected chi connectivity index (χ4v) is 5.53. The van der Waals surface area contributed by atoms with E-state index in [0.29, 0.717) is 13.3 Å². The molecular weight excluding hydrogens is 436 g/mol. The Morgan fingerprint density at radius 2 is 0.824 bits per heavy atom. The van der Waals surface area contributed by atoms with Crippen molar-refractivity contribution >= 4 is 23.6 Å². The zero-order valence-electron chi connectivity index (χ0n) is 20.8. The first kappa shape index (κ1) is 25.2. The number of rotatable bonds is 7. The van der Waals surface area contributed by atoms with Crippen LogP contribution in [-0.4, -0.2) is 131 Å². The minimum Gasteiger partial charge on any atom is -0.286 e. The van der Waals surface area contributed by atoms with E-state index in [2.05, 4.69) is 9.80 Å². The number of carbonyl (C=O) groups excluding carboxylic acids is 4. The van der Waals surface area contributed by atoms with Gasteiger partial charge in [0.1, 0.15) is 0 Å². The van der Waals surface area contributed by atoms with Crippen LogP contribution in [0, 0.1) is 0 Å². The van der Waals surface area contributed by atoms with Crippen LogP contribution in [-0.2, 0) is 19.2 Å². The second-order valence-corrected chi connectivity index (χ2v) is 10.4. The molecule has 2 atom stereocenters. The molecule has 0 aromatic carbocycles. The summed E-state index contributed by atoms with van der Waals surface area (Å²) in [6, 6.07) is -0.279. The first-order valence-corrected chi connectivity index (χ1v) is 12.9. The van der Waals surface area contributed by atoms with Crippen LogP contribution < -0.4 is 0 Å². The minimum atomic E-state index is -0.167. The Hall–Kier alpha value is -1.88. The Morgan fingerprint density at radius 1 is 0.529 bits per heavy atom. The topological polar surface area (TPSA) is 87.7 Å². The third-order valence-electron chi connectivity index (χ3n) is 7.99. The van der Waals surface area contributed by atoms with Crippen molar-refractivity contribution in [3.63, 3.8) is 0 Å². The third kappa shape index (κ3) is 5.84. The van der Waals surface area contributed by atoms with Crippen LogP contribution in [0.25, 0.3) is 0 Å². The Bertz CT molecular complexity index is 679. The average Bonchev–Trinajstić information content (AvgIpc) is 2.83. The Balaban J connectivity index is 1.30. The number of amides is 4. The quantitative estimate of drug-likeness (QED) is 0.475. The number of hydrogen-bond acceptors (Lipinski definition) is 8. The zero-order chi connectivity index (χ0) is 24.2. The van der Waals surface area contributed by atoms with Gasteiger partial charge in [-0.2, -0.15) is 0 Å². The highest BCUT2D eigenvalue weighted by atomic mass is 16.2. The van der Waals surface area contributed by atoms with Crippen molar-refractivity contribution in [2.24, 2.45) is 0 Å². The number of likely N-dealkylation sites (tertiary alicyclic amines) is 2. The fraction of sp³-hybridized carbons (Fsp3) is 0.833. The molecule has 0 spiro atoms. The Morgan fingerprint density at radius 3 is 1.12 bits per heavy atom. The van der Waals surface area contributed by atoms with E-state index < -0.39 is 0 Å². The van der Waals surface area contributed by atoms with Crippen molar-refractivity contribution in [1.82, 2.24) is 29.4 Å². The molecule has 4 heterocycles. The van der Waals surface area contributed by atoms with Crippen LogP contribution in [0.3, 0.4) is 0 Å². The molecule has 34 heavy (non-hydrogen) atoms. The molecule has 4 aliphatic heterocycles. The van der Waals surface area contributed by atoms with E-state index in [1.165, 1.54) is 22.6 Å². The van der Waals surface area contributed by atoms with E-state index in [1.54, 1.807) is 0 Å². The van der Waals surface area contributed by atoms with Crippen LogP contribution in [0.5, 0.6) is 0 Å². The molecule has 0 N–H and O–H groups in total. The van der Waals surface area contributed by atoms with Crippen LogP contribution in [0.1, 0.15) is 52.4 Å². The molecule has 0 aromatic heterocycles. The van der Waals surface area contributed by atoms with E-state index in [0.717, 1.165) is 51.9 Å². The van der Waals surface area contributed by atoms with Crippen LogP contribution >= 0.6 is 0 Å². The summed E-state index contributed by atoms with van der Waals surface area (Å²) in [6.45, 7) is 9.17. The van der Waals surface area contributed by atoms with Crippen molar-refractivity contribution in [3.8, 4) is 0 Å². The van der Waals surface area contributed by atoms with Gasteiger partial charge in [0.05, 0.1) is 39.5 Å². The van der Waals surface area contributed by atoms with Gasteiger partial charge in [-0.25, -0.2) is 0 Å². The number of piperazine rings is 2. The lowest BCUT2D eigenvalue weighted by molar-refractivity contribution is -0.160. The molecule has 4 rings (SSSR count). The van der Waals surface area contributed by atoms with Gasteiger partial charge in [0, 0.05) is 12.1 Å². The summed E-state index contributed by atoms with van der Waals surface area (Å²) in [5.41, 5.74) is 0. The zero-order valence-corrected chi connectivity index (χ0v) is 20.8. The second-order valence-electron chi connectivity index (χ2n) is 10.4. The summed E-state index contributed by atoms with van der Waals surface area (Å²) in [5, 5.41) is 0. The van der Waals surface area contributed by atoms with Gasteiger partial charge in [0.25, 0.3) is 0 Å². The van der Waals surface area contributed by atoms with Gasteiger partial charge in [-0.1, -0.05) is 12.8 Å². The SMILES string of the molecule is CC(C(C)N1CC(=O)N(CN2CCCCC2)C(=O)C1)N1CC(=O)N(CN2CCCCC2)C(=O)C1. The van der Waals surface area contributed by atoms with E-state index in [4.69, 9.17) is 0 Å². The van der Waals surface area contributed by atoms with Crippen LogP contribution in [0.4, 0.5) is 0 Å². The van der Waals surface area contributed by atoms with E-state index >= 15 is 0 Å². The second kappa shape index (κ2) is 11.2. The number of nitrogens with zero attached hydrogens (tertiary/aromatic N) is 6. The number of imide groups is 2. The van der Waals surface area contributed by atoms with Gasteiger partial charge in [-0.05, 0) is 65.7 Å². The summed E-state index contributed by atoms with van der Waals surface area (Å²) < 4.78 is 0. The van der Waals surface area contributed by atoms with Crippen molar-refractivity contribution in [2.45, 2.75) is 64.5 Å². The summed E-state index contributed by atoms with van der Waals surface area (Å²) in [7, 11) is 0. The largest absolute Gasteiger partial charge is 0.286 e. The Kier molecular flexibility index (Phi) is 8.34. The van der Waals surface area contributed by atoms with Crippen molar-refractivity contribution < 1.29 is 19.2 Å². The molecule has 0 saturated carbocycles. The molecule has 4 fully saturated rings. The fourth-order valence-electron chi connectivity index (χ4n) is 5.53. The number of hydrogen-bond donors (Lipinski definition) is 0. The molecule has 0 radical (unpaired) electrons. The highest BCUT2D eigenvalue weighted by molar-refractivity contribution is 6.00. The summed E-state index contributed by atoms with van der Waals surface area (Å²) in [5.74, 6) is -0.669. The van der Waals surface area contributed by atoms with Crippen molar-refractivity contribution in [3.05, 3.63) is 0 Å². The maximum Gasteiger partial charge on any atom is 0.244 e. The molecule has 4 aliphatic rings. The molecule has 0 bridgehead atoms. The average molecular weight is 477 g/mol. The lowest BCUT2D eigenvalue weighted by Crippen LogP contribution is -2.64. The standard InChI is InChI=1S/C24H40N6O4/c1-19(27-13-21(31)29(22(32)14-27)17-25-9-5-3-6-10-25)20(2)28-15-23(33)30(24(34)16-28)18-26-11-7-4-8-12-26/h19-20H,3-18H2,1-2H3. The maximum absolute atomic E-state index is 12.8. The first-order valence-electron chi connectivity index (χ1n) is 12.9. The van der Waals surface area contributed by atoms with Crippen LogP contribution in [0.15, 0.2) is 0 Å². The molecule has 4 amide bonds. The molecule has 0 aliphatic carbocycles. The molecule has 0 aromatic rings. The predicted molar refractivity (Wildman–Crippen MR) is 126 cm³/mol.